The predicted molar refractivity (Wildman–Crippen MR) is 97.3 cm³/mol. The molecule has 0 bridgehead atoms. The highest BCUT2D eigenvalue weighted by atomic mass is 16.5. The van der Waals surface area contributed by atoms with E-state index in [0.29, 0.717) is 12.3 Å². The number of nitrogens with zero attached hydrogens (tertiary/aromatic N) is 2. The molecule has 0 aliphatic heterocycles. The minimum absolute atomic E-state index is 0.171. The molecule has 2 N–H and O–H groups in total. The second-order valence-electron chi connectivity index (χ2n) is 5.87. The van der Waals surface area contributed by atoms with E-state index in [1.54, 1.807) is 18.5 Å². The minimum atomic E-state index is -0.424. The maximum absolute atomic E-state index is 11.9. The van der Waals surface area contributed by atoms with E-state index in [4.69, 9.17) is 4.74 Å². The molecule has 7 heteroatoms. The number of hydrogen-bond acceptors (Lipinski definition) is 4. The largest absolute Gasteiger partial charge is 0.484 e. The van der Waals surface area contributed by atoms with Gasteiger partial charge in [0.2, 0.25) is 5.91 Å². The van der Waals surface area contributed by atoms with Crippen molar-refractivity contribution >= 4 is 22.8 Å². The molecule has 2 aromatic carbocycles. The van der Waals surface area contributed by atoms with Crippen LogP contribution in [0.25, 0.3) is 11.0 Å². The summed E-state index contributed by atoms with van der Waals surface area (Å²) >= 11 is 0. The zero-order valence-electron chi connectivity index (χ0n) is 14.4. The van der Waals surface area contributed by atoms with E-state index in [1.165, 1.54) is 0 Å². The van der Waals surface area contributed by atoms with Crippen molar-refractivity contribution in [2.45, 2.75) is 19.9 Å². The first-order chi connectivity index (χ1) is 12.6. The number of carbonyl (C=O) groups excluding carboxylic acids is 2. The molecule has 0 unspecified atom stereocenters. The van der Waals surface area contributed by atoms with Crippen molar-refractivity contribution in [3.05, 3.63) is 60.4 Å². The van der Waals surface area contributed by atoms with Crippen molar-refractivity contribution in [3.8, 4) is 5.75 Å². The lowest BCUT2D eigenvalue weighted by molar-refractivity contribution is -0.130. The summed E-state index contributed by atoms with van der Waals surface area (Å²) in [6, 6.07) is 15.1. The highest BCUT2D eigenvalue weighted by molar-refractivity contribution is 5.83. The van der Waals surface area contributed by atoms with Crippen LogP contribution in [0.5, 0.6) is 5.75 Å². The Morgan fingerprint density at radius 3 is 2.58 bits per heavy atom. The lowest BCUT2D eigenvalue weighted by atomic mass is 10.2. The number of rotatable bonds is 6. The Hall–Kier alpha value is -3.35. The maximum atomic E-state index is 11.9. The van der Waals surface area contributed by atoms with Gasteiger partial charge in [-0.3, -0.25) is 20.4 Å². The summed E-state index contributed by atoms with van der Waals surface area (Å²) in [6.45, 7) is 2.27. The number of nitrogens with one attached hydrogen (secondary N) is 2. The Labute approximate surface area is 151 Å². The van der Waals surface area contributed by atoms with Gasteiger partial charge in [0.15, 0.2) is 6.61 Å². The van der Waals surface area contributed by atoms with Gasteiger partial charge >= 0.3 is 0 Å². The number of benzene rings is 2. The average Bonchev–Trinajstić information content (AvgIpc) is 3.07. The zero-order chi connectivity index (χ0) is 18.4. The molecule has 0 saturated carbocycles. The van der Waals surface area contributed by atoms with E-state index < -0.39 is 5.91 Å². The summed E-state index contributed by atoms with van der Waals surface area (Å²) in [5, 5.41) is 0. The van der Waals surface area contributed by atoms with Crippen LogP contribution in [0.4, 0.5) is 0 Å². The lowest BCUT2D eigenvalue weighted by Crippen LogP contribution is -2.44. The zero-order valence-corrected chi connectivity index (χ0v) is 14.4. The van der Waals surface area contributed by atoms with E-state index >= 15 is 0 Å². The van der Waals surface area contributed by atoms with Gasteiger partial charge in [-0.1, -0.05) is 29.8 Å². The molecule has 0 aliphatic rings. The van der Waals surface area contributed by atoms with Gasteiger partial charge < -0.3 is 9.30 Å². The van der Waals surface area contributed by atoms with Gasteiger partial charge in [-0.25, -0.2) is 4.98 Å². The van der Waals surface area contributed by atoms with Crippen LogP contribution in [0.3, 0.4) is 0 Å². The summed E-state index contributed by atoms with van der Waals surface area (Å²) in [5.41, 5.74) is 7.69. The Balaban J connectivity index is 1.39. The highest BCUT2D eigenvalue weighted by Gasteiger charge is 2.07. The van der Waals surface area contributed by atoms with Crippen molar-refractivity contribution < 1.29 is 14.3 Å². The van der Waals surface area contributed by atoms with Crippen LogP contribution in [0.1, 0.15) is 12.0 Å². The van der Waals surface area contributed by atoms with E-state index in [0.717, 1.165) is 16.6 Å². The van der Waals surface area contributed by atoms with Crippen molar-refractivity contribution in [1.29, 1.82) is 0 Å². The fourth-order valence-corrected chi connectivity index (χ4v) is 2.43. The summed E-state index contributed by atoms with van der Waals surface area (Å²) in [4.78, 5) is 27.9. The fraction of sp³-hybridized carbons (Fsp3) is 0.211. The molecule has 0 saturated heterocycles. The first-order valence-corrected chi connectivity index (χ1v) is 8.29. The molecule has 26 heavy (non-hydrogen) atoms. The summed E-state index contributed by atoms with van der Waals surface area (Å²) in [5.74, 6) is -0.109. The van der Waals surface area contributed by atoms with Crippen LogP contribution < -0.4 is 15.6 Å². The Kier molecular flexibility index (Phi) is 5.48. The van der Waals surface area contributed by atoms with Gasteiger partial charge in [0.25, 0.3) is 5.91 Å². The van der Waals surface area contributed by atoms with Gasteiger partial charge in [-0.15, -0.1) is 0 Å². The number of amides is 2. The molecule has 0 radical (unpaired) electrons. The van der Waals surface area contributed by atoms with Crippen molar-refractivity contribution in [1.82, 2.24) is 20.4 Å². The molecular formula is C19H20N4O3. The number of hydrogen-bond donors (Lipinski definition) is 2. The molecule has 1 heterocycles. The SMILES string of the molecule is Cc1ccc(OCC(=O)NNC(=O)CCn2cnc3ccccc32)cc1. The molecule has 0 aliphatic carbocycles. The Morgan fingerprint density at radius 2 is 1.77 bits per heavy atom. The van der Waals surface area contributed by atoms with Crippen molar-refractivity contribution in [3.63, 3.8) is 0 Å². The van der Waals surface area contributed by atoms with Crippen molar-refractivity contribution in [2.24, 2.45) is 0 Å². The van der Waals surface area contributed by atoms with E-state index in [9.17, 15) is 9.59 Å². The second kappa shape index (κ2) is 8.15. The van der Waals surface area contributed by atoms with Crippen LogP contribution in [0.2, 0.25) is 0 Å². The molecule has 0 atom stereocenters. The molecule has 1 aromatic heterocycles. The number of aromatic nitrogens is 2. The van der Waals surface area contributed by atoms with E-state index in [1.807, 2.05) is 47.9 Å². The fourth-order valence-electron chi connectivity index (χ4n) is 2.43. The highest BCUT2D eigenvalue weighted by Crippen LogP contribution is 2.12. The smallest absolute Gasteiger partial charge is 0.276 e. The summed E-state index contributed by atoms with van der Waals surface area (Å²) < 4.78 is 7.25. The number of ether oxygens (including phenoxy) is 1. The molecule has 2 amide bonds. The normalized spacial score (nSPS) is 10.5. The number of carbonyl (C=O) groups is 2. The molecular weight excluding hydrogens is 332 g/mol. The molecule has 3 aromatic rings. The molecule has 3 rings (SSSR count). The van der Waals surface area contributed by atoms with Crippen molar-refractivity contribution in [2.75, 3.05) is 6.61 Å². The van der Waals surface area contributed by atoms with Crippen LogP contribution in [0.15, 0.2) is 54.9 Å². The maximum Gasteiger partial charge on any atom is 0.276 e. The average molecular weight is 352 g/mol. The molecule has 0 spiro atoms. The topological polar surface area (TPSA) is 85.3 Å². The monoisotopic (exact) mass is 352 g/mol. The first kappa shape index (κ1) is 17.5. The number of hydrazine groups is 1. The third kappa shape index (κ3) is 4.60. The van der Waals surface area contributed by atoms with Gasteiger partial charge in [0.05, 0.1) is 17.4 Å². The van der Waals surface area contributed by atoms with Crippen LogP contribution >= 0.6 is 0 Å². The summed E-state index contributed by atoms with van der Waals surface area (Å²) in [7, 11) is 0. The molecule has 0 fully saturated rings. The van der Waals surface area contributed by atoms with Crippen LogP contribution in [-0.4, -0.2) is 28.0 Å². The standard InChI is InChI=1S/C19H20N4O3/c1-14-6-8-15(9-7-14)26-12-19(25)22-21-18(24)10-11-23-13-20-16-4-2-3-5-17(16)23/h2-9,13H,10-12H2,1H3,(H,21,24)(H,22,25). The number of fused-ring (bicyclic) bond motifs is 1. The number of para-hydroxylation sites is 2. The third-order valence-corrected chi connectivity index (χ3v) is 3.84. The second-order valence-corrected chi connectivity index (χ2v) is 5.87. The number of aryl methyl sites for hydroxylation is 2. The third-order valence-electron chi connectivity index (χ3n) is 3.84. The first-order valence-electron chi connectivity index (χ1n) is 8.29. The predicted octanol–water partition coefficient (Wildman–Crippen LogP) is 1.96. The van der Waals surface area contributed by atoms with E-state index in [-0.39, 0.29) is 18.9 Å². The van der Waals surface area contributed by atoms with E-state index in [2.05, 4.69) is 15.8 Å². The van der Waals surface area contributed by atoms with Gasteiger partial charge in [-0.2, -0.15) is 0 Å². The minimum Gasteiger partial charge on any atom is -0.484 e. The molecule has 7 nitrogen and oxygen atoms in total. The van der Waals surface area contributed by atoms with Gasteiger partial charge in [-0.05, 0) is 31.2 Å². The number of imidazole rings is 1. The molecule has 134 valence electrons. The Bertz CT molecular complexity index is 903. The van der Waals surface area contributed by atoms with Crippen LogP contribution in [-0.2, 0) is 16.1 Å². The lowest BCUT2D eigenvalue weighted by Gasteiger charge is -2.09. The quantitative estimate of drug-likeness (QED) is 0.664. The van der Waals surface area contributed by atoms with Gasteiger partial charge in [0, 0.05) is 13.0 Å². The van der Waals surface area contributed by atoms with Crippen LogP contribution in [0, 0.1) is 6.92 Å². The summed E-state index contributed by atoms with van der Waals surface area (Å²) in [6.07, 6.45) is 1.92. The Morgan fingerprint density at radius 1 is 1.04 bits per heavy atom. The van der Waals surface area contributed by atoms with Gasteiger partial charge in [0.1, 0.15) is 5.75 Å².